The van der Waals surface area contributed by atoms with E-state index in [2.05, 4.69) is 52.4 Å². The molecule has 2 aromatic carbocycles. The van der Waals surface area contributed by atoms with Gasteiger partial charge in [0.25, 0.3) is 0 Å². The first-order valence-electron chi connectivity index (χ1n) is 7.61. The molecule has 3 aromatic heterocycles. The molecule has 0 spiro atoms. The number of hydrogen-bond acceptors (Lipinski definition) is 2. The maximum Gasteiger partial charge on any atom is 0.139 e. The minimum atomic E-state index is 0.908. The lowest BCUT2D eigenvalue weighted by atomic mass is 9.97. The Hall–Kier alpha value is -3.20. The van der Waals surface area contributed by atoms with Crippen LogP contribution in [0.2, 0.25) is 0 Å². The van der Waals surface area contributed by atoms with Crippen LogP contribution >= 0.6 is 0 Å². The number of nitrogens with zero attached hydrogens (tertiary/aromatic N) is 2. The highest BCUT2D eigenvalue weighted by molar-refractivity contribution is 6.19. The van der Waals surface area contributed by atoms with Crippen LogP contribution in [0.25, 0.3) is 44.0 Å². The number of pyridine rings is 2. The Kier molecular flexibility index (Phi) is 2.50. The molecule has 0 amide bonds. The molecule has 0 atom stereocenters. The zero-order valence-corrected chi connectivity index (χ0v) is 12.3. The van der Waals surface area contributed by atoms with E-state index in [0.29, 0.717) is 0 Å². The molecule has 0 saturated carbocycles. The van der Waals surface area contributed by atoms with Crippen molar-refractivity contribution >= 4 is 32.8 Å². The summed E-state index contributed by atoms with van der Waals surface area (Å²) in [5.74, 6) is 0. The molecule has 0 saturated heterocycles. The molecule has 0 unspecified atom stereocenters. The second-order valence-electron chi connectivity index (χ2n) is 5.64. The summed E-state index contributed by atoms with van der Waals surface area (Å²) in [7, 11) is 0. The van der Waals surface area contributed by atoms with E-state index in [4.69, 9.17) is 4.98 Å². The smallest absolute Gasteiger partial charge is 0.139 e. The molecule has 0 bridgehead atoms. The van der Waals surface area contributed by atoms with Gasteiger partial charge in [-0.05, 0) is 17.7 Å². The third kappa shape index (κ3) is 1.77. The fourth-order valence-corrected chi connectivity index (χ4v) is 3.30. The van der Waals surface area contributed by atoms with Crippen LogP contribution in [0.3, 0.4) is 0 Å². The summed E-state index contributed by atoms with van der Waals surface area (Å²) in [5.41, 5.74) is 5.38. The predicted octanol–water partition coefficient (Wildman–Crippen LogP) is 4.93. The molecule has 0 aliphatic rings. The van der Waals surface area contributed by atoms with Gasteiger partial charge in [-0.2, -0.15) is 0 Å². The lowest BCUT2D eigenvalue weighted by Crippen LogP contribution is -1.87. The van der Waals surface area contributed by atoms with Crippen molar-refractivity contribution < 1.29 is 0 Å². The van der Waals surface area contributed by atoms with E-state index in [0.717, 1.165) is 32.8 Å². The van der Waals surface area contributed by atoms with Crippen LogP contribution in [-0.4, -0.2) is 15.0 Å². The maximum atomic E-state index is 4.82. The van der Waals surface area contributed by atoms with Gasteiger partial charge in [0, 0.05) is 34.1 Å². The Morgan fingerprint density at radius 2 is 1.61 bits per heavy atom. The Balaban J connectivity index is 2.08. The van der Waals surface area contributed by atoms with Gasteiger partial charge in [-0.3, -0.25) is 4.98 Å². The van der Waals surface area contributed by atoms with E-state index in [1.165, 1.54) is 11.1 Å². The van der Waals surface area contributed by atoms with Gasteiger partial charge in [0.2, 0.25) is 0 Å². The summed E-state index contributed by atoms with van der Waals surface area (Å²) in [6.07, 6.45) is 3.72. The van der Waals surface area contributed by atoms with Crippen LogP contribution in [0.1, 0.15) is 0 Å². The summed E-state index contributed by atoms with van der Waals surface area (Å²) >= 11 is 0. The van der Waals surface area contributed by atoms with Crippen molar-refractivity contribution in [2.45, 2.75) is 0 Å². The van der Waals surface area contributed by atoms with E-state index < -0.39 is 0 Å². The fourth-order valence-electron chi connectivity index (χ4n) is 3.30. The number of para-hydroxylation sites is 1. The van der Waals surface area contributed by atoms with Crippen LogP contribution in [0, 0.1) is 0 Å². The average Bonchev–Trinajstić information content (AvgIpc) is 2.98. The second kappa shape index (κ2) is 4.65. The molecule has 5 aromatic rings. The van der Waals surface area contributed by atoms with Crippen LogP contribution in [0.4, 0.5) is 0 Å². The van der Waals surface area contributed by atoms with Crippen molar-refractivity contribution in [1.82, 2.24) is 15.0 Å². The first-order chi connectivity index (χ1) is 11.4. The largest absolute Gasteiger partial charge is 0.339 e. The van der Waals surface area contributed by atoms with E-state index in [1.54, 1.807) is 6.20 Å². The van der Waals surface area contributed by atoms with E-state index in [9.17, 15) is 0 Å². The predicted molar refractivity (Wildman–Crippen MR) is 94.3 cm³/mol. The van der Waals surface area contributed by atoms with Gasteiger partial charge in [0.15, 0.2) is 0 Å². The number of aromatic nitrogens is 3. The first-order valence-corrected chi connectivity index (χ1v) is 7.61. The summed E-state index contributed by atoms with van der Waals surface area (Å²) in [6, 6.07) is 20.8. The number of hydrogen-bond donors (Lipinski definition) is 1. The molecule has 0 fully saturated rings. The minimum Gasteiger partial charge on any atom is -0.339 e. The van der Waals surface area contributed by atoms with Crippen molar-refractivity contribution in [3.8, 4) is 11.1 Å². The van der Waals surface area contributed by atoms with Gasteiger partial charge >= 0.3 is 0 Å². The SMILES string of the molecule is c1ccc(-c2c3ccccc3nc3[nH]c4ccncc4c23)cc1. The summed E-state index contributed by atoms with van der Waals surface area (Å²) in [5, 5.41) is 3.41. The summed E-state index contributed by atoms with van der Waals surface area (Å²) < 4.78 is 0. The van der Waals surface area contributed by atoms with Gasteiger partial charge < -0.3 is 4.98 Å². The minimum absolute atomic E-state index is 0.908. The molecular weight excluding hydrogens is 282 g/mol. The Labute approximate surface area is 132 Å². The lowest BCUT2D eigenvalue weighted by molar-refractivity contribution is 1.35. The molecule has 3 nitrogen and oxygen atoms in total. The van der Waals surface area contributed by atoms with Crippen molar-refractivity contribution in [2.75, 3.05) is 0 Å². The molecule has 23 heavy (non-hydrogen) atoms. The maximum absolute atomic E-state index is 4.82. The van der Waals surface area contributed by atoms with Gasteiger partial charge in [-0.25, -0.2) is 4.98 Å². The molecular formula is C20H13N3. The van der Waals surface area contributed by atoms with E-state index in [1.807, 2.05) is 24.4 Å². The highest BCUT2D eigenvalue weighted by atomic mass is 14.9. The second-order valence-corrected chi connectivity index (χ2v) is 5.64. The average molecular weight is 295 g/mol. The van der Waals surface area contributed by atoms with Crippen molar-refractivity contribution in [3.05, 3.63) is 73.1 Å². The molecule has 3 heterocycles. The Morgan fingerprint density at radius 1 is 0.783 bits per heavy atom. The van der Waals surface area contributed by atoms with Crippen molar-refractivity contribution in [3.63, 3.8) is 0 Å². The number of H-pyrrole nitrogens is 1. The molecule has 0 aliphatic heterocycles. The number of aromatic amines is 1. The third-order valence-electron chi connectivity index (χ3n) is 4.30. The first kappa shape index (κ1) is 12.4. The zero-order valence-electron chi connectivity index (χ0n) is 12.3. The Morgan fingerprint density at radius 3 is 2.52 bits per heavy atom. The van der Waals surface area contributed by atoms with Crippen LogP contribution in [0.5, 0.6) is 0 Å². The third-order valence-corrected chi connectivity index (χ3v) is 4.30. The monoisotopic (exact) mass is 295 g/mol. The number of fused-ring (bicyclic) bond motifs is 4. The standard InChI is InChI=1S/C20H13N3/c1-2-6-13(7-3-1)18-14-8-4-5-9-16(14)22-20-19(18)15-12-21-11-10-17(15)23-20/h1-12H,(H,22,23). The molecule has 1 N–H and O–H groups in total. The van der Waals surface area contributed by atoms with Gasteiger partial charge in [0.1, 0.15) is 5.65 Å². The van der Waals surface area contributed by atoms with Crippen LogP contribution in [-0.2, 0) is 0 Å². The normalized spacial score (nSPS) is 11.5. The van der Waals surface area contributed by atoms with E-state index in [-0.39, 0.29) is 0 Å². The van der Waals surface area contributed by atoms with E-state index >= 15 is 0 Å². The van der Waals surface area contributed by atoms with Crippen molar-refractivity contribution in [1.29, 1.82) is 0 Å². The highest BCUT2D eigenvalue weighted by Crippen LogP contribution is 2.38. The highest BCUT2D eigenvalue weighted by Gasteiger charge is 2.15. The van der Waals surface area contributed by atoms with Gasteiger partial charge in [0.05, 0.1) is 11.0 Å². The van der Waals surface area contributed by atoms with Gasteiger partial charge in [-0.1, -0.05) is 48.5 Å². The topological polar surface area (TPSA) is 41.6 Å². The fraction of sp³-hybridized carbons (Fsp3) is 0. The number of nitrogens with one attached hydrogen (secondary N) is 1. The molecule has 108 valence electrons. The number of benzene rings is 2. The van der Waals surface area contributed by atoms with Gasteiger partial charge in [-0.15, -0.1) is 0 Å². The lowest BCUT2D eigenvalue weighted by Gasteiger charge is -2.09. The molecule has 3 heteroatoms. The molecule has 0 aliphatic carbocycles. The molecule has 0 radical (unpaired) electrons. The summed E-state index contributed by atoms with van der Waals surface area (Å²) in [6.45, 7) is 0. The Bertz CT molecular complexity index is 1160. The van der Waals surface area contributed by atoms with Crippen molar-refractivity contribution in [2.24, 2.45) is 0 Å². The quantitative estimate of drug-likeness (QED) is 0.476. The van der Waals surface area contributed by atoms with Crippen LogP contribution < -0.4 is 0 Å². The zero-order chi connectivity index (χ0) is 15.2. The summed E-state index contributed by atoms with van der Waals surface area (Å²) in [4.78, 5) is 12.5. The molecule has 5 rings (SSSR count). The van der Waals surface area contributed by atoms with Crippen LogP contribution in [0.15, 0.2) is 73.1 Å². The number of rotatable bonds is 1.